The molecule has 15 heteroatoms. The van der Waals surface area contributed by atoms with Gasteiger partial charge in [0.25, 0.3) is 0 Å². The van der Waals surface area contributed by atoms with E-state index in [1.165, 1.54) is 4.90 Å². The molecule has 1 N–H and O–H groups in total. The van der Waals surface area contributed by atoms with E-state index in [-0.39, 0.29) is 6.54 Å². The number of hydrazine groups is 1. The standard InChI is InChI=1S/C20H23Cl6N3O6/c1-18(2,3)35-16(31)28-9-8-12-6-4-5-7-13(12)14(28)29(17(32)34-11-20(24,25)26)27-15(30)33-10-19(21,22)23/h4-7,14H,8-11H2,1-3H3,(H,27,30). The number of fused-ring (bicyclic) bond motifs is 1. The molecular weight excluding hydrogens is 591 g/mol. The number of carbonyl (C=O) groups excluding carboxylic acids is 3. The fourth-order valence-corrected chi connectivity index (χ4v) is 3.36. The van der Waals surface area contributed by atoms with Gasteiger partial charge in [-0.1, -0.05) is 93.9 Å². The third-order valence-electron chi connectivity index (χ3n) is 4.26. The van der Waals surface area contributed by atoms with Crippen LogP contribution in [-0.2, 0) is 20.6 Å². The van der Waals surface area contributed by atoms with Crippen LogP contribution in [0.3, 0.4) is 0 Å². The molecule has 0 bridgehead atoms. The maximum atomic E-state index is 13.1. The molecule has 0 saturated heterocycles. The highest BCUT2D eigenvalue weighted by molar-refractivity contribution is 6.68. The van der Waals surface area contributed by atoms with E-state index < -0.39 is 50.8 Å². The fraction of sp³-hybridized carbons (Fsp3) is 0.550. The van der Waals surface area contributed by atoms with Crippen molar-refractivity contribution in [3.63, 3.8) is 0 Å². The Balaban J connectivity index is 2.46. The number of amides is 3. The lowest BCUT2D eigenvalue weighted by Gasteiger charge is -2.42. The summed E-state index contributed by atoms with van der Waals surface area (Å²) in [6, 6.07) is 7.00. The second-order valence-electron chi connectivity index (χ2n) is 8.34. The van der Waals surface area contributed by atoms with Gasteiger partial charge in [-0.2, -0.15) is 5.01 Å². The Morgan fingerprint density at radius 1 is 1.00 bits per heavy atom. The van der Waals surface area contributed by atoms with Gasteiger partial charge in [0.15, 0.2) is 6.17 Å². The highest BCUT2D eigenvalue weighted by Gasteiger charge is 2.42. The lowest BCUT2D eigenvalue weighted by molar-refractivity contribution is -0.0299. The van der Waals surface area contributed by atoms with Crippen molar-refractivity contribution in [1.82, 2.24) is 15.3 Å². The van der Waals surface area contributed by atoms with Gasteiger partial charge >= 0.3 is 18.3 Å². The molecule has 1 aromatic carbocycles. The summed E-state index contributed by atoms with van der Waals surface area (Å²) in [5.74, 6) is 0. The number of alkyl halides is 6. The van der Waals surface area contributed by atoms with Crippen molar-refractivity contribution in [2.75, 3.05) is 19.8 Å². The van der Waals surface area contributed by atoms with Gasteiger partial charge in [0, 0.05) is 12.1 Å². The molecule has 196 valence electrons. The fourth-order valence-electron chi connectivity index (χ4n) is 3.03. The molecule has 9 nitrogen and oxygen atoms in total. The van der Waals surface area contributed by atoms with E-state index in [0.717, 1.165) is 10.6 Å². The largest absolute Gasteiger partial charge is 0.444 e. The van der Waals surface area contributed by atoms with Crippen molar-refractivity contribution in [1.29, 1.82) is 0 Å². The van der Waals surface area contributed by atoms with Gasteiger partial charge in [-0.25, -0.2) is 19.8 Å². The highest BCUT2D eigenvalue weighted by atomic mass is 35.6. The molecule has 35 heavy (non-hydrogen) atoms. The first-order valence-electron chi connectivity index (χ1n) is 10.1. The van der Waals surface area contributed by atoms with Crippen LogP contribution in [0.4, 0.5) is 14.4 Å². The summed E-state index contributed by atoms with van der Waals surface area (Å²) >= 11 is 34.0. The molecule has 1 aromatic rings. The highest BCUT2D eigenvalue weighted by Crippen LogP contribution is 2.34. The smallest absolute Gasteiger partial charge is 0.431 e. The first kappa shape index (κ1) is 30.0. The molecule has 1 aliphatic rings. The number of halogens is 6. The molecule has 0 aromatic heterocycles. The minimum atomic E-state index is -1.94. The zero-order valence-electron chi connectivity index (χ0n) is 18.8. The first-order valence-corrected chi connectivity index (χ1v) is 12.3. The number of hydrogen-bond donors (Lipinski definition) is 1. The summed E-state index contributed by atoms with van der Waals surface area (Å²) in [7, 11) is 0. The van der Waals surface area contributed by atoms with Gasteiger partial charge in [-0.3, -0.25) is 4.90 Å². The van der Waals surface area contributed by atoms with Crippen LogP contribution in [0.2, 0.25) is 0 Å². The quantitative estimate of drug-likeness (QED) is 0.244. The van der Waals surface area contributed by atoms with Crippen LogP contribution in [0.1, 0.15) is 38.1 Å². The summed E-state index contributed by atoms with van der Waals surface area (Å²) in [6.07, 6.45) is -3.82. The van der Waals surface area contributed by atoms with Crippen molar-refractivity contribution in [2.24, 2.45) is 0 Å². The summed E-state index contributed by atoms with van der Waals surface area (Å²) in [4.78, 5) is 39.9. The second-order valence-corrected chi connectivity index (χ2v) is 13.4. The SMILES string of the molecule is CC(C)(C)OC(=O)N1CCc2ccccc2C1N(NC(=O)OCC(Cl)(Cl)Cl)C(=O)OCC(Cl)(Cl)Cl. The molecule has 0 fully saturated rings. The normalized spacial score (nSPS) is 16.1. The maximum absolute atomic E-state index is 13.1. The molecule has 1 heterocycles. The predicted octanol–water partition coefficient (Wildman–Crippen LogP) is 6.30. The number of carbonyl (C=O) groups is 3. The Bertz CT molecular complexity index is 931. The molecular formula is C20H23Cl6N3O6. The molecule has 0 spiro atoms. The van der Waals surface area contributed by atoms with E-state index in [1.54, 1.807) is 39.0 Å². The summed E-state index contributed by atoms with van der Waals surface area (Å²) in [5.41, 5.74) is 2.71. The number of nitrogens with zero attached hydrogens (tertiary/aromatic N) is 2. The van der Waals surface area contributed by atoms with Gasteiger partial charge in [0.1, 0.15) is 18.8 Å². The monoisotopic (exact) mass is 611 g/mol. The summed E-state index contributed by atoms with van der Waals surface area (Å²) in [5, 5.41) is 0.721. The van der Waals surface area contributed by atoms with E-state index in [1.807, 2.05) is 6.07 Å². The van der Waals surface area contributed by atoms with Gasteiger partial charge in [-0.15, -0.1) is 0 Å². The van der Waals surface area contributed by atoms with Gasteiger partial charge < -0.3 is 14.2 Å². The van der Waals surface area contributed by atoms with Crippen LogP contribution in [0.5, 0.6) is 0 Å². The Kier molecular flexibility index (Phi) is 10.2. The molecule has 2 rings (SSSR count). The lowest BCUT2D eigenvalue weighted by atomic mass is 9.97. The van der Waals surface area contributed by atoms with E-state index in [0.29, 0.717) is 12.0 Å². The number of hydrogen-bond acceptors (Lipinski definition) is 6. The first-order chi connectivity index (χ1) is 16.0. The van der Waals surface area contributed by atoms with Crippen LogP contribution in [0.25, 0.3) is 0 Å². The average Bonchev–Trinajstić information content (AvgIpc) is 2.71. The molecule has 1 aliphatic heterocycles. The van der Waals surface area contributed by atoms with E-state index in [2.05, 4.69) is 5.43 Å². The molecule has 0 aliphatic carbocycles. The zero-order valence-corrected chi connectivity index (χ0v) is 23.4. The number of ether oxygens (including phenoxy) is 3. The molecule has 0 saturated carbocycles. The van der Waals surface area contributed by atoms with Crippen molar-refractivity contribution >= 4 is 87.9 Å². The van der Waals surface area contributed by atoms with E-state index in [9.17, 15) is 14.4 Å². The van der Waals surface area contributed by atoms with Crippen LogP contribution in [0.15, 0.2) is 24.3 Å². The Labute approximate surface area is 232 Å². The van der Waals surface area contributed by atoms with Crippen LogP contribution in [-0.4, -0.2) is 61.1 Å². The van der Waals surface area contributed by atoms with E-state index >= 15 is 0 Å². The average molecular weight is 614 g/mol. The van der Waals surface area contributed by atoms with Crippen LogP contribution in [0, 0.1) is 0 Å². The Hall–Kier alpha value is -1.23. The molecule has 1 atom stereocenters. The molecule has 3 amide bonds. The van der Waals surface area contributed by atoms with E-state index in [4.69, 9.17) is 83.8 Å². The predicted molar refractivity (Wildman–Crippen MR) is 134 cm³/mol. The van der Waals surface area contributed by atoms with Gasteiger partial charge in [0.05, 0.1) is 0 Å². The molecule has 1 unspecified atom stereocenters. The number of rotatable bonds is 3. The van der Waals surface area contributed by atoms with Crippen molar-refractivity contribution in [3.05, 3.63) is 35.4 Å². The third kappa shape index (κ3) is 9.98. The Morgan fingerprint density at radius 2 is 1.57 bits per heavy atom. The van der Waals surface area contributed by atoms with Crippen molar-refractivity contribution in [2.45, 2.75) is 46.5 Å². The third-order valence-corrected chi connectivity index (χ3v) is 4.91. The Morgan fingerprint density at radius 3 is 2.14 bits per heavy atom. The van der Waals surface area contributed by atoms with Crippen molar-refractivity contribution < 1.29 is 28.6 Å². The summed E-state index contributed by atoms with van der Waals surface area (Å²) in [6.45, 7) is 3.94. The maximum Gasteiger partial charge on any atom is 0.431 e. The van der Waals surface area contributed by atoms with Crippen LogP contribution >= 0.6 is 69.6 Å². The van der Waals surface area contributed by atoms with Crippen LogP contribution < -0.4 is 5.43 Å². The van der Waals surface area contributed by atoms with Crippen molar-refractivity contribution in [3.8, 4) is 0 Å². The minimum absolute atomic E-state index is 0.149. The second kappa shape index (κ2) is 11.9. The minimum Gasteiger partial charge on any atom is -0.444 e. The van der Waals surface area contributed by atoms with Gasteiger partial charge in [0.2, 0.25) is 7.59 Å². The topological polar surface area (TPSA) is 97.4 Å². The lowest BCUT2D eigenvalue weighted by Crippen LogP contribution is -2.57. The number of nitrogens with one attached hydrogen (secondary N) is 1. The number of benzene rings is 1. The van der Waals surface area contributed by atoms with Gasteiger partial charge in [-0.05, 0) is 32.8 Å². The zero-order chi connectivity index (χ0) is 26.6. The summed E-state index contributed by atoms with van der Waals surface area (Å²) < 4.78 is 11.6. The molecule has 0 radical (unpaired) electrons.